The van der Waals surface area contributed by atoms with Crippen molar-refractivity contribution in [3.63, 3.8) is 0 Å². The van der Waals surface area contributed by atoms with E-state index in [1.54, 1.807) is 11.1 Å². The van der Waals surface area contributed by atoms with Gasteiger partial charge in [-0.15, -0.1) is 0 Å². The predicted molar refractivity (Wildman–Crippen MR) is 34.6 cm³/mol. The van der Waals surface area contributed by atoms with Gasteiger partial charge in [0.05, 0.1) is 0 Å². The molecule has 0 heterocycles. The van der Waals surface area contributed by atoms with Crippen molar-refractivity contribution in [2.45, 2.75) is 19.8 Å². The van der Waals surface area contributed by atoms with Crippen molar-refractivity contribution in [2.75, 3.05) is 0 Å². The maximum atomic E-state index is 4.00. The lowest BCUT2D eigenvalue weighted by molar-refractivity contribution is 0.703. The zero-order chi connectivity index (χ0) is 5.72. The summed E-state index contributed by atoms with van der Waals surface area (Å²) in [6.45, 7) is 6.26. The summed E-state index contributed by atoms with van der Waals surface area (Å²) in [7, 11) is 0. The second kappa shape index (κ2) is 1.07. The fraction of sp³-hybridized carbons (Fsp3) is 0.500. The van der Waals surface area contributed by atoms with Gasteiger partial charge < -0.3 is 0 Å². The molecule has 0 aromatic carbocycles. The molecular formula is C8H10. The maximum absolute atomic E-state index is 4.00. The molecule has 0 aromatic heterocycles. The Bertz CT molecular complexity index is 184. The second-order valence-electron chi connectivity index (χ2n) is 2.89. The molecule has 0 radical (unpaired) electrons. The van der Waals surface area contributed by atoms with Crippen LogP contribution in [-0.4, -0.2) is 0 Å². The average molecular weight is 106 g/mol. The van der Waals surface area contributed by atoms with E-state index >= 15 is 0 Å². The van der Waals surface area contributed by atoms with Crippen molar-refractivity contribution in [3.05, 3.63) is 23.3 Å². The van der Waals surface area contributed by atoms with Crippen LogP contribution in [0.15, 0.2) is 23.3 Å². The van der Waals surface area contributed by atoms with E-state index in [1.807, 2.05) is 0 Å². The minimum absolute atomic E-state index is 0.772. The van der Waals surface area contributed by atoms with Crippen LogP contribution in [0.1, 0.15) is 19.8 Å². The first-order valence-electron chi connectivity index (χ1n) is 3.19. The van der Waals surface area contributed by atoms with Gasteiger partial charge in [0, 0.05) is 0 Å². The van der Waals surface area contributed by atoms with E-state index in [-0.39, 0.29) is 0 Å². The molecular weight excluding hydrogens is 96.1 g/mol. The lowest BCUT2D eigenvalue weighted by atomic mass is 9.99. The van der Waals surface area contributed by atoms with Crippen LogP contribution in [0.2, 0.25) is 0 Å². The Kier molecular flexibility index (Phi) is 0.585. The van der Waals surface area contributed by atoms with Crippen LogP contribution >= 0.6 is 0 Å². The molecule has 2 aliphatic rings. The summed E-state index contributed by atoms with van der Waals surface area (Å²) in [6.07, 6.45) is 2.61. The first kappa shape index (κ1) is 4.37. The molecule has 0 spiro atoms. The average Bonchev–Trinajstić information content (AvgIpc) is 2.39. The minimum Gasteiger partial charge on any atom is -0.0953 e. The molecule has 0 nitrogen and oxygen atoms in total. The van der Waals surface area contributed by atoms with Crippen LogP contribution in [0.5, 0.6) is 0 Å². The summed E-state index contributed by atoms with van der Waals surface area (Å²) >= 11 is 0. The van der Waals surface area contributed by atoms with Crippen molar-refractivity contribution >= 4 is 0 Å². The summed E-state index contributed by atoms with van der Waals surface area (Å²) in [6, 6.07) is 0. The van der Waals surface area contributed by atoms with E-state index in [9.17, 15) is 0 Å². The van der Waals surface area contributed by atoms with Crippen LogP contribution < -0.4 is 0 Å². The van der Waals surface area contributed by atoms with Crippen molar-refractivity contribution < 1.29 is 0 Å². The molecule has 0 aliphatic heterocycles. The van der Waals surface area contributed by atoms with Gasteiger partial charge in [-0.25, -0.2) is 0 Å². The van der Waals surface area contributed by atoms with Gasteiger partial charge in [-0.3, -0.25) is 0 Å². The summed E-state index contributed by atoms with van der Waals surface area (Å²) in [5, 5.41) is 0. The normalized spacial score (nSPS) is 33.6. The number of hydrogen-bond donors (Lipinski definition) is 0. The van der Waals surface area contributed by atoms with E-state index in [4.69, 9.17) is 0 Å². The Balaban J connectivity index is 2.31. The highest BCUT2D eigenvalue weighted by Gasteiger charge is 2.33. The fourth-order valence-electron chi connectivity index (χ4n) is 1.50. The molecule has 1 unspecified atom stereocenters. The minimum atomic E-state index is 0.772. The van der Waals surface area contributed by atoms with Crippen molar-refractivity contribution in [2.24, 2.45) is 5.92 Å². The highest BCUT2D eigenvalue weighted by atomic mass is 14.4. The topological polar surface area (TPSA) is 0 Å². The summed E-state index contributed by atoms with van der Waals surface area (Å²) in [4.78, 5) is 0. The summed E-state index contributed by atoms with van der Waals surface area (Å²) in [5.74, 6) is 0.772. The third kappa shape index (κ3) is 0.360. The molecule has 0 N–H and O–H groups in total. The first-order valence-corrected chi connectivity index (χ1v) is 3.19. The summed E-state index contributed by atoms with van der Waals surface area (Å²) < 4.78 is 0. The maximum Gasteiger partial charge on any atom is -0.00585 e. The Morgan fingerprint density at radius 2 is 2.38 bits per heavy atom. The zero-order valence-electron chi connectivity index (χ0n) is 5.20. The second-order valence-corrected chi connectivity index (χ2v) is 2.89. The Morgan fingerprint density at radius 3 is 2.62 bits per heavy atom. The van der Waals surface area contributed by atoms with Gasteiger partial charge in [-0.1, -0.05) is 19.1 Å². The summed E-state index contributed by atoms with van der Waals surface area (Å²) in [5.41, 5.74) is 4.69. The monoisotopic (exact) mass is 106 g/mol. The standard InChI is InChI=1S/C8H10/c1-5-3-7-4-8(7)6(5)2/h5H,2-4H2,1H3. The number of allylic oxidation sites excluding steroid dienone is 3. The first-order chi connectivity index (χ1) is 3.79. The van der Waals surface area contributed by atoms with Crippen LogP contribution in [-0.2, 0) is 0 Å². The molecule has 8 heavy (non-hydrogen) atoms. The Labute approximate surface area is 49.9 Å². The van der Waals surface area contributed by atoms with Gasteiger partial charge in [0.2, 0.25) is 0 Å². The van der Waals surface area contributed by atoms with Gasteiger partial charge in [0.15, 0.2) is 0 Å². The number of hydrogen-bond acceptors (Lipinski definition) is 0. The highest BCUT2D eigenvalue weighted by Crippen LogP contribution is 2.50. The van der Waals surface area contributed by atoms with E-state index < -0.39 is 0 Å². The molecule has 0 amide bonds. The molecule has 42 valence electrons. The lowest BCUT2D eigenvalue weighted by Crippen LogP contribution is -1.92. The van der Waals surface area contributed by atoms with Gasteiger partial charge in [0.1, 0.15) is 0 Å². The van der Waals surface area contributed by atoms with Crippen LogP contribution in [0, 0.1) is 5.92 Å². The molecule has 2 rings (SSSR count). The number of rotatable bonds is 0. The van der Waals surface area contributed by atoms with E-state index in [0.717, 1.165) is 5.92 Å². The fourth-order valence-corrected chi connectivity index (χ4v) is 1.50. The molecule has 0 aromatic rings. The van der Waals surface area contributed by atoms with Gasteiger partial charge in [-0.05, 0) is 29.9 Å². The van der Waals surface area contributed by atoms with Crippen molar-refractivity contribution in [3.8, 4) is 0 Å². The third-order valence-corrected chi connectivity index (χ3v) is 2.23. The van der Waals surface area contributed by atoms with Gasteiger partial charge in [0.25, 0.3) is 0 Å². The smallest absolute Gasteiger partial charge is 0.00585 e. The Hall–Kier alpha value is -0.520. The quantitative estimate of drug-likeness (QED) is 0.444. The van der Waals surface area contributed by atoms with Crippen LogP contribution in [0.25, 0.3) is 0 Å². The highest BCUT2D eigenvalue weighted by molar-refractivity contribution is 5.55. The molecule has 0 saturated carbocycles. The van der Waals surface area contributed by atoms with Crippen LogP contribution in [0.4, 0.5) is 0 Å². The van der Waals surface area contributed by atoms with Gasteiger partial charge >= 0.3 is 0 Å². The van der Waals surface area contributed by atoms with E-state index in [0.29, 0.717) is 0 Å². The van der Waals surface area contributed by atoms with E-state index in [1.165, 1.54) is 18.4 Å². The SMILES string of the molecule is C=C1C2=C(C2)CC1C. The molecule has 0 fully saturated rings. The Morgan fingerprint density at radius 1 is 1.62 bits per heavy atom. The molecule has 0 saturated heterocycles. The van der Waals surface area contributed by atoms with Crippen molar-refractivity contribution in [1.29, 1.82) is 0 Å². The van der Waals surface area contributed by atoms with Crippen LogP contribution in [0.3, 0.4) is 0 Å². The third-order valence-electron chi connectivity index (χ3n) is 2.23. The van der Waals surface area contributed by atoms with E-state index in [2.05, 4.69) is 13.5 Å². The van der Waals surface area contributed by atoms with Gasteiger partial charge in [-0.2, -0.15) is 0 Å². The van der Waals surface area contributed by atoms with Crippen molar-refractivity contribution in [1.82, 2.24) is 0 Å². The molecule has 0 heteroatoms. The lowest BCUT2D eigenvalue weighted by Gasteiger charge is -2.05. The predicted octanol–water partition coefficient (Wildman–Crippen LogP) is 2.28. The molecule has 0 bridgehead atoms. The zero-order valence-corrected chi connectivity index (χ0v) is 5.20. The largest absolute Gasteiger partial charge is 0.0953 e. The molecule has 2 aliphatic carbocycles. The molecule has 1 atom stereocenters.